The highest BCUT2D eigenvalue weighted by Gasteiger charge is 2.42. The molecular formula is C14H10F7N3O3S. The molecule has 1 N–H and O–H groups in total. The van der Waals surface area contributed by atoms with Crippen LogP contribution in [-0.2, 0) is 28.9 Å². The van der Waals surface area contributed by atoms with Gasteiger partial charge in [-0.1, -0.05) is 0 Å². The molecule has 28 heavy (non-hydrogen) atoms. The first-order chi connectivity index (χ1) is 12.7. The summed E-state index contributed by atoms with van der Waals surface area (Å²) in [4.78, 5) is 10.5. The van der Waals surface area contributed by atoms with E-state index in [-0.39, 0.29) is 18.7 Å². The van der Waals surface area contributed by atoms with E-state index in [0.717, 1.165) is 4.72 Å². The Morgan fingerprint density at radius 2 is 1.75 bits per heavy atom. The van der Waals surface area contributed by atoms with Crippen LogP contribution in [0.1, 0.15) is 28.5 Å². The smallest absolute Gasteiger partial charge is 0.268 e. The molecule has 1 aromatic heterocycles. The summed E-state index contributed by atoms with van der Waals surface area (Å²) in [6.07, 6.45) is -9.96. The number of nitrogens with zero attached hydrogens (tertiary/aromatic N) is 2. The predicted molar refractivity (Wildman–Crippen MR) is 79.0 cm³/mol. The molecule has 0 unspecified atom stereocenters. The Kier molecular flexibility index (Phi) is 5.47. The van der Waals surface area contributed by atoms with Gasteiger partial charge in [0.05, 0.1) is 22.2 Å². The summed E-state index contributed by atoms with van der Waals surface area (Å²) in [7, 11) is -5.29. The van der Waals surface area contributed by atoms with Crippen LogP contribution in [0, 0.1) is 5.82 Å². The fourth-order valence-electron chi connectivity index (χ4n) is 2.28. The molecular weight excluding hydrogens is 423 g/mol. The summed E-state index contributed by atoms with van der Waals surface area (Å²) in [5.41, 5.74) is -4.69. The Morgan fingerprint density at radius 1 is 1.14 bits per heavy atom. The molecule has 0 saturated heterocycles. The number of alkyl halides is 6. The number of nitrogens with one attached hydrogen (secondary N) is 1. The summed E-state index contributed by atoms with van der Waals surface area (Å²) in [6, 6.07) is 0.522. The zero-order chi connectivity index (χ0) is 21.5. The summed E-state index contributed by atoms with van der Waals surface area (Å²) < 4.78 is 117. The van der Waals surface area contributed by atoms with Gasteiger partial charge in [-0.15, -0.1) is 0 Å². The largest absolute Gasteiger partial charge is 0.433 e. The van der Waals surface area contributed by atoms with E-state index < -0.39 is 55.8 Å². The Hall–Kier alpha value is -2.64. The van der Waals surface area contributed by atoms with Gasteiger partial charge in [0.1, 0.15) is 5.82 Å². The zero-order valence-corrected chi connectivity index (χ0v) is 14.5. The van der Waals surface area contributed by atoms with Gasteiger partial charge in [0.2, 0.25) is 0 Å². The third kappa shape index (κ3) is 4.26. The van der Waals surface area contributed by atoms with Crippen molar-refractivity contribution in [1.29, 1.82) is 0 Å². The Balaban J connectivity index is 2.50. The van der Waals surface area contributed by atoms with Gasteiger partial charge in [-0.3, -0.25) is 9.48 Å². The second-order valence-corrected chi connectivity index (χ2v) is 6.94. The number of rotatable bonds is 4. The van der Waals surface area contributed by atoms with E-state index in [4.69, 9.17) is 0 Å². The number of halogens is 7. The molecule has 1 amide bonds. The maximum absolute atomic E-state index is 13.1. The first kappa shape index (κ1) is 21.7. The van der Waals surface area contributed by atoms with E-state index in [0.29, 0.717) is 16.9 Å². The van der Waals surface area contributed by atoms with Crippen LogP contribution in [0.3, 0.4) is 0 Å². The van der Waals surface area contributed by atoms with Crippen molar-refractivity contribution in [3.63, 3.8) is 0 Å². The SMILES string of the molecule is CCn1ncc(C(=O)NS(=O)(=O)c2ccc(F)cc2C(F)(F)F)c1C(F)(F)F. The maximum atomic E-state index is 13.1. The van der Waals surface area contributed by atoms with Crippen molar-refractivity contribution in [2.75, 3.05) is 0 Å². The standard InChI is InChI=1S/C14H10F7N3O3S/c1-2-24-11(14(19,20)21)8(6-22-24)12(25)23-28(26,27)10-4-3-7(15)5-9(10)13(16,17)18/h3-6H,2H2,1H3,(H,23,25). The second kappa shape index (κ2) is 7.07. The topological polar surface area (TPSA) is 81.1 Å². The highest BCUT2D eigenvalue weighted by molar-refractivity contribution is 7.90. The summed E-state index contributed by atoms with van der Waals surface area (Å²) in [5, 5.41) is 3.30. The number of carbonyl (C=O) groups excluding carboxylic acids is 1. The van der Waals surface area contributed by atoms with Gasteiger partial charge in [0, 0.05) is 6.54 Å². The van der Waals surface area contributed by atoms with Crippen molar-refractivity contribution in [3.05, 3.63) is 47.0 Å². The molecule has 14 heteroatoms. The first-order valence-electron chi connectivity index (χ1n) is 7.25. The van der Waals surface area contributed by atoms with E-state index >= 15 is 0 Å². The maximum Gasteiger partial charge on any atom is 0.433 e. The van der Waals surface area contributed by atoms with Crippen LogP contribution in [0.4, 0.5) is 30.7 Å². The minimum absolute atomic E-state index is 0.116. The number of amides is 1. The minimum Gasteiger partial charge on any atom is -0.268 e. The monoisotopic (exact) mass is 433 g/mol. The van der Waals surface area contributed by atoms with E-state index in [9.17, 15) is 43.9 Å². The van der Waals surface area contributed by atoms with Gasteiger partial charge in [-0.05, 0) is 25.1 Å². The lowest BCUT2D eigenvalue weighted by atomic mass is 10.2. The average Bonchev–Trinajstić information content (AvgIpc) is 2.97. The van der Waals surface area contributed by atoms with Crippen LogP contribution in [0.15, 0.2) is 29.3 Å². The number of benzene rings is 1. The zero-order valence-electron chi connectivity index (χ0n) is 13.7. The molecule has 0 bridgehead atoms. The lowest BCUT2D eigenvalue weighted by Crippen LogP contribution is -2.33. The minimum atomic E-state index is -5.31. The number of aryl methyl sites for hydroxylation is 1. The van der Waals surface area contributed by atoms with Crippen molar-refractivity contribution in [2.24, 2.45) is 0 Å². The molecule has 0 atom stereocenters. The Bertz CT molecular complexity index is 1010. The van der Waals surface area contributed by atoms with Crippen LogP contribution in [0.25, 0.3) is 0 Å². The van der Waals surface area contributed by atoms with Crippen molar-refractivity contribution in [2.45, 2.75) is 30.7 Å². The van der Waals surface area contributed by atoms with Gasteiger partial charge >= 0.3 is 12.4 Å². The highest BCUT2D eigenvalue weighted by Crippen LogP contribution is 2.35. The van der Waals surface area contributed by atoms with Gasteiger partial charge < -0.3 is 0 Å². The van der Waals surface area contributed by atoms with Gasteiger partial charge in [-0.25, -0.2) is 17.5 Å². The molecule has 1 heterocycles. The van der Waals surface area contributed by atoms with E-state index in [1.54, 1.807) is 0 Å². The van der Waals surface area contributed by atoms with Crippen molar-refractivity contribution in [1.82, 2.24) is 14.5 Å². The van der Waals surface area contributed by atoms with Gasteiger partial charge in [0.15, 0.2) is 5.69 Å². The van der Waals surface area contributed by atoms with E-state index in [2.05, 4.69) is 5.10 Å². The molecule has 0 saturated carbocycles. The third-order valence-electron chi connectivity index (χ3n) is 3.42. The molecule has 0 aliphatic carbocycles. The van der Waals surface area contributed by atoms with E-state index in [1.807, 2.05) is 0 Å². The van der Waals surface area contributed by atoms with Crippen molar-refractivity contribution < 1.29 is 43.9 Å². The van der Waals surface area contributed by atoms with Crippen LogP contribution < -0.4 is 4.72 Å². The lowest BCUT2D eigenvalue weighted by molar-refractivity contribution is -0.144. The van der Waals surface area contributed by atoms with Crippen LogP contribution in [0.2, 0.25) is 0 Å². The molecule has 0 radical (unpaired) electrons. The molecule has 0 aliphatic rings. The summed E-state index contributed by atoms with van der Waals surface area (Å²) >= 11 is 0. The van der Waals surface area contributed by atoms with Crippen LogP contribution in [0.5, 0.6) is 0 Å². The fraction of sp³-hybridized carbons (Fsp3) is 0.286. The Morgan fingerprint density at radius 3 is 2.25 bits per heavy atom. The molecule has 6 nitrogen and oxygen atoms in total. The van der Waals surface area contributed by atoms with Crippen molar-refractivity contribution >= 4 is 15.9 Å². The first-order valence-corrected chi connectivity index (χ1v) is 8.73. The summed E-state index contributed by atoms with van der Waals surface area (Å²) in [6.45, 7) is 0.958. The molecule has 0 fully saturated rings. The molecule has 2 aromatic rings. The molecule has 1 aromatic carbocycles. The number of aromatic nitrogens is 2. The van der Waals surface area contributed by atoms with Gasteiger partial charge in [0.25, 0.3) is 15.9 Å². The summed E-state index contributed by atoms with van der Waals surface area (Å²) in [5.74, 6) is -3.24. The van der Waals surface area contributed by atoms with Crippen LogP contribution >= 0.6 is 0 Å². The second-order valence-electron chi connectivity index (χ2n) is 5.29. The quantitative estimate of drug-likeness (QED) is 0.751. The number of sulfonamides is 1. The molecule has 0 aliphatic heterocycles. The lowest BCUT2D eigenvalue weighted by Gasteiger charge is -2.15. The fourth-order valence-corrected chi connectivity index (χ4v) is 3.46. The van der Waals surface area contributed by atoms with E-state index in [1.165, 1.54) is 6.92 Å². The number of hydrogen-bond acceptors (Lipinski definition) is 4. The van der Waals surface area contributed by atoms with Gasteiger partial charge in [-0.2, -0.15) is 31.4 Å². The molecule has 0 spiro atoms. The van der Waals surface area contributed by atoms with Crippen molar-refractivity contribution in [3.8, 4) is 0 Å². The molecule has 2 rings (SSSR count). The normalized spacial score (nSPS) is 12.9. The Labute approximate surface area is 153 Å². The average molecular weight is 433 g/mol. The number of carbonyl (C=O) groups is 1. The number of hydrogen-bond donors (Lipinski definition) is 1. The third-order valence-corrected chi connectivity index (χ3v) is 4.80. The van der Waals surface area contributed by atoms with Crippen LogP contribution in [-0.4, -0.2) is 24.1 Å². The predicted octanol–water partition coefficient (Wildman–Crippen LogP) is 3.20. The molecule has 154 valence electrons. The highest BCUT2D eigenvalue weighted by atomic mass is 32.2.